The van der Waals surface area contributed by atoms with E-state index >= 15 is 0 Å². The highest BCUT2D eigenvalue weighted by Crippen LogP contribution is 2.23. The predicted octanol–water partition coefficient (Wildman–Crippen LogP) is 4.93. The molecule has 1 aliphatic rings. The molecule has 0 atom stereocenters. The third-order valence-electron chi connectivity index (χ3n) is 5.84. The number of piperidine rings is 1. The summed E-state index contributed by atoms with van der Waals surface area (Å²) in [4.78, 5) is 29.2. The van der Waals surface area contributed by atoms with E-state index in [-0.39, 0.29) is 17.8 Å². The van der Waals surface area contributed by atoms with Gasteiger partial charge in [0.25, 0.3) is 5.91 Å². The van der Waals surface area contributed by atoms with Crippen molar-refractivity contribution in [1.29, 1.82) is 0 Å². The van der Waals surface area contributed by atoms with Crippen molar-refractivity contribution in [3.05, 3.63) is 47.5 Å². The van der Waals surface area contributed by atoms with Gasteiger partial charge in [0.15, 0.2) is 0 Å². The van der Waals surface area contributed by atoms with Gasteiger partial charge in [-0.3, -0.25) is 4.79 Å². The first-order valence-corrected chi connectivity index (χ1v) is 12.0. The van der Waals surface area contributed by atoms with Crippen molar-refractivity contribution in [1.82, 2.24) is 19.6 Å². The topological polar surface area (TPSA) is 67.7 Å². The molecule has 2 heterocycles. The Morgan fingerprint density at radius 1 is 1.24 bits per heavy atom. The van der Waals surface area contributed by atoms with E-state index in [4.69, 9.17) is 4.74 Å². The molecule has 0 spiro atoms. The molecule has 8 heteroatoms. The normalized spacial score (nSPS) is 15.0. The summed E-state index contributed by atoms with van der Waals surface area (Å²) in [5.74, 6) is 0.193. The number of aromatic nitrogens is 2. The van der Waals surface area contributed by atoms with Crippen LogP contribution in [0.15, 0.2) is 30.5 Å². The van der Waals surface area contributed by atoms with Crippen LogP contribution in [-0.2, 0) is 11.2 Å². The molecule has 0 unspecified atom stereocenters. The van der Waals surface area contributed by atoms with Crippen molar-refractivity contribution in [2.45, 2.75) is 59.5 Å². The average Bonchev–Trinajstić information content (AvgIpc) is 3.15. The van der Waals surface area contributed by atoms with Crippen LogP contribution in [0.25, 0.3) is 5.69 Å². The Bertz CT molecular complexity index is 1000. The molecule has 1 saturated heterocycles. The molecule has 1 aromatic heterocycles. The zero-order valence-electron chi connectivity index (χ0n) is 21.2. The minimum atomic E-state index is -0.510. The maximum atomic E-state index is 13.7. The smallest absolute Gasteiger partial charge is 0.410 e. The van der Waals surface area contributed by atoms with E-state index in [9.17, 15) is 14.0 Å². The van der Waals surface area contributed by atoms with Gasteiger partial charge in [-0.15, -0.1) is 0 Å². The molecule has 0 saturated carbocycles. The number of ether oxygens (including phenoxy) is 1. The van der Waals surface area contributed by atoms with Gasteiger partial charge in [-0.25, -0.2) is 13.9 Å². The number of halogens is 1. The Morgan fingerprint density at radius 2 is 1.91 bits per heavy atom. The number of carbonyl (C=O) groups excluding carboxylic acids is 2. The van der Waals surface area contributed by atoms with Gasteiger partial charge < -0.3 is 14.5 Å². The number of likely N-dealkylation sites (tertiary alicyclic amines) is 1. The van der Waals surface area contributed by atoms with E-state index in [1.165, 1.54) is 12.1 Å². The van der Waals surface area contributed by atoms with E-state index in [0.29, 0.717) is 49.1 Å². The Balaban J connectivity index is 1.66. The monoisotopic (exact) mass is 472 g/mol. The summed E-state index contributed by atoms with van der Waals surface area (Å²) in [7, 11) is 1.81. The number of carbonyl (C=O) groups is 2. The molecule has 2 aromatic rings. The molecule has 1 aliphatic heterocycles. The summed E-state index contributed by atoms with van der Waals surface area (Å²) in [6.07, 6.45) is 3.72. The Labute approximate surface area is 201 Å². The van der Waals surface area contributed by atoms with E-state index in [1.807, 2.05) is 20.8 Å². The van der Waals surface area contributed by atoms with Gasteiger partial charge in [0.2, 0.25) is 0 Å². The minimum absolute atomic E-state index is 0.0899. The van der Waals surface area contributed by atoms with Gasteiger partial charge in [0.1, 0.15) is 11.4 Å². The van der Waals surface area contributed by atoms with Crippen LogP contribution < -0.4 is 0 Å². The van der Waals surface area contributed by atoms with Crippen LogP contribution in [-0.4, -0.2) is 63.9 Å². The number of amides is 2. The molecule has 3 rings (SSSR count). The van der Waals surface area contributed by atoms with E-state index in [2.05, 4.69) is 18.9 Å². The molecule has 1 fully saturated rings. The highest BCUT2D eigenvalue weighted by Gasteiger charge is 2.29. The number of nitrogens with zero attached hydrogens (tertiary/aromatic N) is 4. The molecule has 0 bridgehead atoms. The number of hydrogen-bond donors (Lipinski definition) is 0. The van der Waals surface area contributed by atoms with E-state index < -0.39 is 5.60 Å². The summed E-state index contributed by atoms with van der Waals surface area (Å²) in [5, 5.41) is 4.61. The third kappa shape index (κ3) is 6.81. The lowest BCUT2D eigenvalue weighted by molar-refractivity contribution is 0.0171. The summed E-state index contributed by atoms with van der Waals surface area (Å²) in [5.41, 5.74) is 1.34. The number of rotatable bonds is 6. The second kappa shape index (κ2) is 10.6. The van der Waals surface area contributed by atoms with Crippen LogP contribution in [0, 0.1) is 17.7 Å². The fraction of sp³-hybridized carbons (Fsp3) is 0.577. The first-order chi connectivity index (χ1) is 15.9. The fourth-order valence-electron chi connectivity index (χ4n) is 4.18. The van der Waals surface area contributed by atoms with Crippen molar-refractivity contribution < 1.29 is 18.7 Å². The summed E-state index contributed by atoms with van der Waals surface area (Å²) < 4.78 is 20.8. The molecule has 0 N–H and O–H groups in total. The second-order valence-electron chi connectivity index (χ2n) is 10.6. The molecule has 34 heavy (non-hydrogen) atoms. The average molecular weight is 473 g/mol. The highest BCUT2D eigenvalue weighted by atomic mass is 19.1. The van der Waals surface area contributed by atoms with Crippen molar-refractivity contribution in [3.63, 3.8) is 0 Å². The van der Waals surface area contributed by atoms with Gasteiger partial charge >= 0.3 is 6.09 Å². The van der Waals surface area contributed by atoms with Crippen LogP contribution >= 0.6 is 0 Å². The Kier molecular flexibility index (Phi) is 8.00. The van der Waals surface area contributed by atoms with Crippen LogP contribution in [0.4, 0.5) is 9.18 Å². The summed E-state index contributed by atoms with van der Waals surface area (Å²) in [6, 6.07) is 6.19. The minimum Gasteiger partial charge on any atom is -0.444 e. The highest BCUT2D eigenvalue weighted by molar-refractivity contribution is 5.95. The van der Waals surface area contributed by atoms with Gasteiger partial charge in [0, 0.05) is 32.9 Å². The molecule has 0 radical (unpaired) electrons. The van der Waals surface area contributed by atoms with Gasteiger partial charge in [-0.2, -0.15) is 5.10 Å². The molecule has 0 aliphatic carbocycles. The fourth-order valence-corrected chi connectivity index (χ4v) is 4.18. The van der Waals surface area contributed by atoms with Crippen LogP contribution in [0.3, 0.4) is 0 Å². The van der Waals surface area contributed by atoms with E-state index in [0.717, 1.165) is 18.5 Å². The second-order valence-corrected chi connectivity index (χ2v) is 10.6. The Hall–Kier alpha value is -2.90. The predicted molar refractivity (Wildman–Crippen MR) is 130 cm³/mol. The van der Waals surface area contributed by atoms with Crippen LogP contribution in [0.1, 0.15) is 63.5 Å². The lowest BCUT2D eigenvalue weighted by Crippen LogP contribution is -2.44. The summed E-state index contributed by atoms with van der Waals surface area (Å²) >= 11 is 0. The lowest BCUT2D eigenvalue weighted by Gasteiger charge is -2.34. The maximum absolute atomic E-state index is 13.7. The molecule has 186 valence electrons. The molecule has 7 nitrogen and oxygen atoms in total. The summed E-state index contributed by atoms with van der Waals surface area (Å²) in [6.45, 7) is 11.6. The molecule has 1 aromatic carbocycles. The Morgan fingerprint density at radius 3 is 2.50 bits per heavy atom. The zero-order chi connectivity index (χ0) is 25.0. The molecule has 2 amide bonds. The van der Waals surface area contributed by atoms with Crippen molar-refractivity contribution in [2.24, 2.45) is 11.8 Å². The lowest BCUT2D eigenvalue weighted by atomic mass is 9.96. The van der Waals surface area contributed by atoms with Crippen molar-refractivity contribution >= 4 is 12.0 Å². The first-order valence-electron chi connectivity index (χ1n) is 12.0. The third-order valence-corrected chi connectivity index (χ3v) is 5.84. The largest absolute Gasteiger partial charge is 0.444 e. The maximum Gasteiger partial charge on any atom is 0.410 e. The van der Waals surface area contributed by atoms with E-state index in [1.54, 1.807) is 39.9 Å². The van der Waals surface area contributed by atoms with Gasteiger partial charge in [0.05, 0.1) is 16.9 Å². The SMILES string of the molecule is CC(C)Cc1nn(-c2cccc(F)c2)cc1C(=O)N(C)CC1CCN(C(=O)OC(C)(C)C)CC1. The number of hydrogen-bond acceptors (Lipinski definition) is 4. The number of benzene rings is 1. The zero-order valence-corrected chi connectivity index (χ0v) is 21.2. The van der Waals surface area contributed by atoms with Gasteiger partial charge in [-0.1, -0.05) is 19.9 Å². The van der Waals surface area contributed by atoms with Crippen molar-refractivity contribution in [3.8, 4) is 5.69 Å². The van der Waals surface area contributed by atoms with Crippen LogP contribution in [0.2, 0.25) is 0 Å². The van der Waals surface area contributed by atoms with Crippen LogP contribution in [0.5, 0.6) is 0 Å². The van der Waals surface area contributed by atoms with Crippen molar-refractivity contribution in [2.75, 3.05) is 26.7 Å². The quantitative estimate of drug-likeness (QED) is 0.598. The standard InChI is InChI=1S/C26H37FN4O3/c1-18(2)14-23-22(17-31(28-23)21-9-7-8-20(27)15-21)24(32)29(6)16-19-10-12-30(13-11-19)25(33)34-26(3,4)5/h7-9,15,17-19H,10-14,16H2,1-6H3. The molecular weight excluding hydrogens is 435 g/mol. The first kappa shape index (κ1) is 25.7. The van der Waals surface area contributed by atoms with Gasteiger partial charge in [-0.05, 0) is 70.1 Å². The molecular formula is C26H37FN4O3.